The molecule has 1 fully saturated rings. The van der Waals surface area contributed by atoms with Gasteiger partial charge in [0.25, 0.3) is 0 Å². The lowest BCUT2D eigenvalue weighted by Crippen LogP contribution is -2.33. The summed E-state index contributed by atoms with van der Waals surface area (Å²) in [6, 6.07) is 13.1. The van der Waals surface area contributed by atoms with Gasteiger partial charge in [-0.1, -0.05) is 35.6 Å². The second-order valence-electron chi connectivity index (χ2n) is 7.72. The van der Waals surface area contributed by atoms with Gasteiger partial charge in [-0.25, -0.2) is 42.5 Å². The Hall–Kier alpha value is -3.06. The molecule has 1 aliphatic rings. The summed E-state index contributed by atoms with van der Waals surface area (Å²) in [5.74, 6) is 0. The number of primary sulfonamides is 1. The first-order valence-corrected chi connectivity index (χ1v) is 14.3. The van der Waals surface area contributed by atoms with E-state index in [9.17, 15) is 16.8 Å². The molecule has 0 bridgehead atoms. The van der Waals surface area contributed by atoms with Crippen LogP contribution in [-0.4, -0.2) is 26.8 Å². The molecule has 1 saturated heterocycles. The van der Waals surface area contributed by atoms with Crippen molar-refractivity contribution in [2.75, 3.05) is 5.73 Å². The predicted molar refractivity (Wildman–Crippen MR) is 134 cm³/mol. The highest BCUT2D eigenvalue weighted by molar-refractivity contribution is 7.92. The Balaban J connectivity index is 1.73. The molecule has 3 heterocycles. The van der Waals surface area contributed by atoms with E-state index in [4.69, 9.17) is 10.9 Å². The van der Waals surface area contributed by atoms with Crippen LogP contribution in [0.25, 0.3) is 21.3 Å². The third-order valence-corrected chi connectivity index (χ3v) is 8.84. The molecular formula is C20H21N9O4S3. The number of hydrogen-bond acceptors (Lipinski definition) is 12. The molecule has 2 aromatic carbocycles. The van der Waals surface area contributed by atoms with E-state index in [0.29, 0.717) is 27.5 Å². The average Bonchev–Trinajstić information content (AvgIpc) is 3.51. The van der Waals surface area contributed by atoms with E-state index >= 15 is 0 Å². The van der Waals surface area contributed by atoms with Crippen LogP contribution in [0, 0.1) is 0 Å². The predicted octanol–water partition coefficient (Wildman–Crippen LogP) is 0.182. The van der Waals surface area contributed by atoms with Crippen LogP contribution < -0.4 is 37.5 Å². The summed E-state index contributed by atoms with van der Waals surface area (Å²) in [4.78, 5) is 7.41. The molecule has 2 aromatic heterocycles. The summed E-state index contributed by atoms with van der Waals surface area (Å²) < 4.78 is 55.8. The van der Waals surface area contributed by atoms with Crippen molar-refractivity contribution in [3.63, 3.8) is 0 Å². The first kappa shape index (κ1) is 24.6. The van der Waals surface area contributed by atoms with E-state index in [-0.39, 0.29) is 12.1 Å². The molecule has 16 heteroatoms. The number of nitrogens with one attached hydrogen (secondary N) is 5. The maximum atomic E-state index is 13.3. The summed E-state index contributed by atoms with van der Waals surface area (Å²) in [5.41, 5.74) is 18.8. The van der Waals surface area contributed by atoms with Crippen molar-refractivity contribution in [1.82, 2.24) is 36.6 Å². The number of hydrazine groups is 3. The first-order chi connectivity index (χ1) is 17.1. The molecule has 9 N–H and O–H groups in total. The molecule has 13 nitrogen and oxygen atoms in total. The van der Waals surface area contributed by atoms with Gasteiger partial charge in [0.05, 0.1) is 22.5 Å². The van der Waals surface area contributed by atoms with Gasteiger partial charge in [-0.3, -0.25) is 4.98 Å². The fourth-order valence-corrected chi connectivity index (χ4v) is 7.35. The normalized spacial score (nSPS) is 15.0. The zero-order valence-corrected chi connectivity index (χ0v) is 20.8. The van der Waals surface area contributed by atoms with Gasteiger partial charge in [-0.05, 0) is 29.8 Å². The molecule has 188 valence electrons. The van der Waals surface area contributed by atoms with Gasteiger partial charge in [-0.15, -0.1) is 0 Å². The Morgan fingerprint density at radius 3 is 2.44 bits per heavy atom. The zero-order chi connectivity index (χ0) is 25.5. The van der Waals surface area contributed by atoms with Crippen molar-refractivity contribution in [2.45, 2.75) is 22.5 Å². The summed E-state index contributed by atoms with van der Waals surface area (Å²) in [7, 11) is -8.90. The van der Waals surface area contributed by atoms with E-state index in [1.54, 1.807) is 30.3 Å². The Morgan fingerprint density at radius 1 is 0.972 bits per heavy atom. The molecule has 1 aliphatic heterocycles. The first-order valence-electron chi connectivity index (χ1n) is 10.4. The lowest BCUT2D eigenvalue weighted by molar-refractivity contribution is 0.533. The standard InChI is InChI=1S/C20H21N9O4S3/c21-20-25-17-13(5-3-6-14(17)34-20)12-7-8-15(36(32,33)24-10-11-4-1-2-9-23-11)18(35(22,30)31)16(12)19-26-28-29-27-19/h1-9,19,24,26-29H,10H2,(H2,21,25)(H2,22,30,31). The number of anilines is 1. The van der Waals surface area contributed by atoms with Gasteiger partial charge in [0.2, 0.25) is 20.0 Å². The molecule has 0 radical (unpaired) electrons. The Labute approximate surface area is 210 Å². The SMILES string of the molecule is Nc1nc2c(-c3ccc(S(=O)(=O)NCc4ccccn4)c(S(N)(=O)=O)c3C3NNNN3)cccc2s1. The topological polar surface area (TPSA) is 206 Å². The van der Waals surface area contributed by atoms with E-state index in [1.165, 1.54) is 29.7 Å². The van der Waals surface area contributed by atoms with Gasteiger partial charge in [0.15, 0.2) is 5.13 Å². The Morgan fingerprint density at radius 2 is 1.75 bits per heavy atom. The molecule has 0 saturated carbocycles. The molecule has 36 heavy (non-hydrogen) atoms. The molecule has 4 aromatic rings. The highest BCUT2D eigenvalue weighted by Gasteiger charge is 2.34. The number of hydrogen-bond donors (Lipinski definition) is 7. The maximum Gasteiger partial charge on any atom is 0.242 e. The van der Waals surface area contributed by atoms with Crippen molar-refractivity contribution in [3.8, 4) is 11.1 Å². The quantitative estimate of drug-likeness (QED) is 0.166. The largest absolute Gasteiger partial charge is 0.375 e. The highest BCUT2D eigenvalue weighted by atomic mass is 32.2. The summed E-state index contributed by atoms with van der Waals surface area (Å²) >= 11 is 1.28. The number of pyridine rings is 1. The van der Waals surface area contributed by atoms with E-state index < -0.39 is 36.0 Å². The number of sulfonamides is 2. The van der Waals surface area contributed by atoms with Crippen LogP contribution in [0.5, 0.6) is 0 Å². The van der Waals surface area contributed by atoms with Gasteiger partial charge >= 0.3 is 0 Å². The van der Waals surface area contributed by atoms with Crippen molar-refractivity contribution < 1.29 is 16.8 Å². The van der Waals surface area contributed by atoms with Crippen LogP contribution in [0.2, 0.25) is 0 Å². The Bertz CT molecular complexity index is 1650. The molecule has 0 aliphatic carbocycles. The molecular weight excluding hydrogens is 526 g/mol. The lowest BCUT2D eigenvalue weighted by atomic mass is 9.97. The number of nitrogens with zero attached hydrogens (tertiary/aromatic N) is 2. The minimum atomic E-state index is -4.56. The minimum absolute atomic E-state index is 0.0785. The zero-order valence-electron chi connectivity index (χ0n) is 18.4. The number of benzene rings is 2. The third kappa shape index (κ3) is 4.69. The fraction of sp³-hybridized carbons (Fsp3) is 0.100. The van der Waals surface area contributed by atoms with Crippen LogP contribution in [0.15, 0.2) is 64.5 Å². The van der Waals surface area contributed by atoms with Crippen LogP contribution in [0.1, 0.15) is 17.4 Å². The van der Waals surface area contributed by atoms with Gasteiger partial charge in [-0.2, -0.15) is 11.1 Å². The summed E-state index contributed by atoms with van der Waals surface area (Å²) in [5, 5.41) is 5.97. The van der Waals surface area contributed by atoms with E-state index in [2.05, 4.69) is 36.6 Å². The van der Waals surface area contributed by atoms with Gasteiger partial charge in [0.1, 0.15) is 16.0 Å². The van der Waals surface area contributed by atoms with Crippen LogP contribution in [0.4, 0.5) is 5.13 Å². The Kier molecular flexibility index (Phi) is 6.45. The minimum Gasteiger partial charge on any atom is -0.375 e. The number of aromatic nitrogens is 2. The molecule has 0 spiro atoms. The second-order valence-corrected chi connectivity index (χ2v) is 12.0. The second kappa shape index (κ2) is 9.43. The summed E-state index contributed by atoms with van der Waals surface area (Å²) in [6.45, 7) is -0.148. The maximum absolute atomic E-state index is 13.3. The number of para-hydroxylation sites is 1. The van der Waals surface area contributed by atoms with Gasteiger partial charge < -0.3 is 5.73 Å². The number of rotatable bonds is 7. The van der Waals surface area contributed by atoms with Crippen molar-refractivity contribution in [2.24, 2.45) is 5.14 Å². The van der Waals surface area contributed by atoms with Crippen molar-refractivity contribution in [3.05, 3.63) is 66.0 Å². The third-order valence-electron chi connectivity index (χ3n) is 5.41. The van der Waals surface area contributed by atoms with Gasteiger partial charge in [0, 0.05) is 17.3 Å². The number of nitrogen functional groups attached to an aromatic ring is 1. The number of nitrogens with two attached hydrogens (primary N) is 2. The average molecular weight is 548 g/mol. The fourth-order valence-electron chi connectivity index (χ4n) is 3.94. The van der Waals surface area contributed by atoms with Crippen molar-refractivity contribution >= 4 is 46.7 Å². The smallest absolute Gasteiger partial charge is 0.242 e. The number of thiazole rings is 1. The van der Waals surface area contributed by atoms with Crippen molar-refractivity contribution in [1.29, 1.82) is 0 Å². The summed E-state index contributed by atoms with van der Waals surface area (Å²) in [6.07, 6.45) is 0.640. The molecule has 0 unspecified atom stereocenters. The lowest BCUT2D eigenvalue weighted by Gasteiger charge is -2.21. The van der Waals surface area contributed by atoms with E-state index in [1.807, 2.05) is 6.07 Å². The van der Waals surface area contributed by atoms with Crippen LogP contribution in [-0.2, 0) is 26.6 Å². The monoisotopic (exact) mass is 547 g/mol. The van der Waals surface area contributed by atoms with Crippen LogP contribution >= 0.6 is 11.3 Å². The molecule has 0 atom stereocenters. The molecule has 5 rings (SSSR count). The highest BCUT2D eigenvalue weighted by Crippen LogP contribution is 2.40. The van der Waals surface area contributed by atoms with Crippen LogP contribution in [0.3, 0.4) is 0 Å². The number of fused-ring (bicyclic) bond motifs is 1. The van der Waals surface area contributed by atoms with E-state index in [0.717, 1.165) is 4.70 Å². The molecule has 0 amide bonds.